The van der Waals surface area contributed by atoms with Crippen molar-refractivity contribution >= 4 is 22.9 Å². The first-order valence-electron chi connectivity index (χ1n) is 7.29. The van der Waals surface area contributed by atoms with Crippen LogP contribution >= 0.6 is 22.9 Å². The van der Waals surface area contributed by atoms with Gasteiger partial charge in [0.1, 0.15) is 0 Å². The molecule has 1 heterocycles. The van der Waals surface area contributed by atoms with Crippen molar-refractivity contribution in [3.05, 3.63) is 21.3 Å². The molecule has 0 radical (unpaired) electrons. The van der Waals surface area contributed by atoms with Gasteiger partial charge in [-0.1, -0.05) is 32.4 Å². The van der Waals surface area contributed by atoms with Crippen molar-refractivity contribution in [2.24, 2.45) is 11.7 Å². The number of nitrogens with zero attached hydrogens (tertiary/aromatic N) is 1. The van der Waals surface area contributed by atoms with Crippen molar-refractivity contribution in [1.82, 2.24) is 4.90 Å². The Hall–Kier alpha value is -0.0900. The predicted molar refractivity (Wildman–Crippen MR) is 84.9 cm³/mol. The van der Waals surface area contributed by atoms with Crippen LogP contribution < -0.4 is 5.73 Å². The molecular formula is C15H25ClN2S. The summed E-state index contributed by atoms with van der Waals surface area (Å²) < 4.78 is 0.864. The molecule has 1 aromatic rings. The van der Waals surface area contributed by atoms with Gasteiger partial charge in [-0.25, -0.2) is 0 Å². The molecule has 2 atom stereocenters. The summed E-state index contributed by atoms with van der Waals surface area (Å²) in [6, 6.07) is 5.40. The number of halogens is 1. The van der Waals surface area contributed by atoms with Crippen molar-refractivity contribution in [2.45, 2.75) is 58.2 Å². The molecule has 1 aliphatic rings. The van der Waals surface area contributed by atoms with Crippen LogP contribution in [-0.4, -0.2) is 23.5 Å². The monoisotopic (exact) mass is 300 g/mol. The quantitative estimate of drug-likeness (QED) is 0.813. The summed E-state index contributed by atoms with van der Waals surface area (Å²) in [4.78, 5) is 3.95. The second kappa shape index (κ2) is 6.57. The van der Waals surface area contributed by atoms with E-state index in [0.717, 1.165) is 23.3 Å². The molecule has 1 aliphatic carbocycles. The highest BCUT2D eigenvalue weighted by Gasteiger charge is 2.37. The first-order valence-corrected chi connectivity index (χ1v) is 8.49. The minimum Gasteiger partial charge on any atom is -0.326 e. The summed E-state index contributed by atoms with van der Waals surface area (Å²) in [7, 11) is 0. The highest BCUT2D eigenvalue weighted by molar-refractivity contribution is 7.16. The molecular weight excluding hydrogens is 276 g/mol. The number of hydrogen-bond acceptors (Lipinski definition) is 3. The third-order valence-corrected chi connectivity index (χ3v) is 5.01. The van der Waals surface area contributed by atoms with E-state index in [9.17, 15) is 0 Å². The van der Waals surface area contributed by atoms with Gasteiger partial charge in [0, 0.05) is 23.5 Å². The van der Waals surface area contributed by atoms with Crippen LogP contribution in [0.1, 0.15) is 51.0 Å². The molecule has 0 aliphatic heterocycles. The Morgan fingerprint density at radius 3 is 2.53 bits per heavy atom. The second-order valence-electron chi connectivity index (χ2n) is 5.98. The largest absolute Gasteiger partial charge is 0.326 e. The Balaban J connectivity index is 2.24. The molecule has 19 heavy (non-hydrogen) atoms. The fourth-order valence-electron chi connectivity index (χ4n) is 2.65. The van der Waals surface area contributed by atoms with Crippen LogP contribution in [0.2, 0.25) is 4.34 Å². The second-order valence-corrected chi connectivity index (χ2v) is 7.73. The lowest BCUT2D eigenvalue weighted by molar-refractivity contribution is 0.144. The Kier molecular flexibility index (Phi) is 5.29. The lowest BCUT2D eigenvalue weighted by atomic mass is 10.0. The Morgan fingerprint density at radius 1 is 1.42 bits per heavy atom. The molecule has 2 rings (SSSR count). The maximum absolute atomic E-state index is 6.42. The van der Waals surface area contributed by atoms with Gasteiger partial charge in [-0.05, 0) is 37.3 Å². The maximum Gasteiger partial charge on any atom is 0.0931 e. The number of nitrogens with two attached hydrogens (primary N) is 1. The Morgan fingerprint density at radius 2 is 2.11 bits per heavy atom. The van der Waals surface area contributed by atoms with Crippen LogP contribution in [0.5, 0.6) is 0 Å². The van der Waals surface area contributed by atoms with E-state index in [1.165, 1.54) is 17.7 Å². The van der Waals surface area contributed by atoms with Gasteiger partial charge >= 0.3 is 0 Å². The number of rotatable bonds is 7. The SMILES string of the molecule is CCC(N)C(c1ccc(Cl)s1)N(CC(C)C)C1CC1. The van der Waals surface area contributed by atoms with E-state index in [-0.39, 0.29) is 6.04 Å². The van der Waals surface area contributed by atoms with Gasteiger partial charge < -0.3 is 5.73 Å². The van der Waals surface area contributed by atoms with E-state index in [0.29, 0.717) is 12.0 Å². The minimum absolute atomic E-state index is 0.189. The third-order valence-electron chi connectivity index (χ3n) is 3.71. The van der Waals surface area contributed by atoms with Crippen molar-refractivity contribution in [1.29, 1.82) is 0 Å². The van der Waals surface area contributed by atoms with Crippen LogP contribution in [0.3, 0.4) is 0 Å². The molecule has 0 bridgehead atoms. The van der Waals surface area contributed by atoms with E-state index < -0.39 is 0 Å². The van der Waals surface area contributed by atoms with Gasteiger partial charge in [0.05, 0.1) is 10.4 Å². The Bertz CT molecular complexity index is 401. The van der Waals surface area contributed by atoms with Crippen molar-refractivity contribution in [3.63, 3.8) is 0 Å². The topological polar surface area (TPSA) is 29.3 Å². The number of hydrogen-bond donors (Lipinski definition) is 1. The van der Waals surface area contributed by atoms with E-state index in [1.54, 1.807) is 11.3 Å². The summed E-state index contributed by atoms with van der Waals surface area (Å²) in [5.41, 5.74) is 6.42. The van der Waals surface area contributed by atoms with Crippen LogP contribution in [0.25, 0.3) is 0 Å². The normalized spacial score (nSPS) is 19.1. The van der Waals surface area contributed by atoms with Gasteiger partial charge in [0.2, 0.25) is 0 Å². The van der Waals surface area contributed by atoms with E-state index in [2.05, 4.69) is 31.7 Å². The maximum atomic E-state index is 6.42. The highest BCUT2D eigenvalue weighted by atomic mass is 35.5. The molecule has 0 spiro atoms. The average molecular weight is 301 g/mol. The van der Waals surface area contributed by atoms with Crippen LogP contribution in [-0.2, 0) is 0 Å². The molecule has 1 fully saturated rings. The first-order chi connectivity index (χ1) is 9.02. The predicted octanol–water partition coefficient (Wildman–Crippen LogP) is 4.30. The van der Waals surface area contributed by atoms with Gasteiger partial charge in [-0.2, -0.15) is 0 Å². The average Bonchev–Trinajstić information content (AvgIpc) is 3.11. The molecule has 2 unspecified atom stereocenters. The van der Waals surface area contributed by atoms with Crippen LogP contribution in [0.15, 0.2) is 12.1 Å². The van der Waals surface area contributed by atoms with E-state index in [1.807, 2.05) is 6.07 Å². The first kappa shape index (κ1) is 15.3. The van der Waals surface area contributed by atoms with Crippen molar-refractivity contribution in [3.8, 4) is 0 Å². The van der Waals surface area contributed by atoms with E-state index >= 15 is 0 Å². The zero-order chi connectivity index (χ0) is 14.0. The summed E-state index contributed by atoms with van der Waals surface area (Å²) in [5.74, 6) is 0.669. The van der Waals surface area contributed by atoms with Gasteiger partial charge in [0.25, 0.3) is 0 Å². The molecule has 4 heteroatoms. The Labute approximate surface area is 125 Å². The summed E-state index contributed by atoms with van der Waals surface area (Å²) in [5, 5.41) is 0. The summed E-state index contributed by atoms with van der Waals surface area (Å²) in [6.45, 7) is 7.86. The molecule has 0 aromatic carbocycles. The smallest absolute Gasteiger partial charge is 0.0931 e. The molecule has 2 N–H and O–H groups in total. The molecule has 0 saturated heterocycles. The zero-order valence-corrected chi connectivity index (χ0v) is 13.7. The molecule has 2 nitrogen and oxygen atoms in total. The van der Waals surface area contributed by atoms with E-state index in [4.69, 9.17) is 17.3 Å². The van der Waals surface area contributed by atoms with Gasteiger partial charge in [0.15, 0.2) is 0 Å². The summed E-state index contributed by atoms with van der Waals surface area (Å²) in [6.07, 6.45) is 3.64. The van der Waals surface area contributed by atoms with Crippen LogP contribution in [0, 0.1) is 5.92 Å². The third kappa shape index (κ3) is 3.94. The summed E-state index contributed by atoms with van der Waals surface area (Å²) >= 11 is 7.80. The van der Waals surface area contributed by atoms with Crippen molar-refractivity contribution < 1.29 is 0 Å². The molecule has 1 aromatic heterocycles. The molecule has 0 amide bonds. The van der Waals surface area contributed by atoms with Crippen molar-refractivity contribution in [2.75, 3.05) is 6.54 Å². The molecule has 1 saturated carbocycles. The van der Waals surface area contributed by atoms with Gasteiger partial charge in [-0.3, -0.25) is 4.90 Å². The minimum atomic E-state index is 0.189. The lowest BCUT2D eigenvalue weighted by Crippen LogP contribution is -2.43. The van der Waals surface area contributed by atoms with Gasteiger partial charge in [-0.15, -0.1) is 11.3 Å². The highest BCUT2D eigenvalue weighted by Crippen LogP contribution is 2.40. The standard InChI is InChI=1S/C15H25ClN2S/c1-4-12(17)15(13-7-8-14(16)19-13)18(9-10(2)3)11-5-6-11/h7-8,10-12,15H,4-6,9,17H2,1-3H3. The lowest BCUT2D eigenvalue weighted by Gasteiger charge is -2.36. The fourth-order valence-corrected chi connectivity index (χ4v) is 3.91. The number of thiophene rings is 1. The fraction of sp³-hybridized carbons (Fsp3) is 0.733. The zero-order valence-electron chi connectivity index (χ0n) is 12.1. The molecule has 108 valence electrons. The van der Waals surface area contributed by atoms with Crippen LogP contribution in [0.4, 0.5) is 0 Å².